The molecule has 0 aromatic heterocycles. The molecule has 1 fully saturated rings. The van der Waals surface area contributed by atoms with Crippen molar-refractivity contribution in [3.05, 3.63) is 35.9 Å². The molecule has 0 spiro atoms. The number of rotatable bonds is 7. The van der Waals surface area contributed by atoms with Gasteiger partial charge in [0.1, 0.15) is 6.04 Å². The Hall–Kier alpha value is -1.88. The zero-order chi connectivity index (χ0) is 16.9. The summed E-state index contributed by atoms with van der Waals surface area (Å²) in [6, 6.07) is 9.18. The minimum Gasteiger partial charge on any atom is -0.378 e. The highest BCUT2D eigenvalue weighted by Gasteiger charge is 2.39. The summed E-state index contributed by atoms with van der Waals surface area (Å²) in [5, 5.41) is 2.89. The van der Waals surface area contributed by atoms with Crippen LogP contribution in [0.25, 0.3) is 0 Å². The number of likely N-dealkylation sites (N-methyl/N-ethyl adjacent to an activating group) is 1. The lowest BCUT2D eigenvalue weighted by molar-refractivity contribution is -0.140. The van der Waals surface area contributed by atoms with Crippen molar-refractivity contribution in [2.24, 2.45) is 0 Å². The lowest BCUT2D eigenvalue weighted by Crippen LogP contribution is -2.51. The first kappa shape index (κ1) is 17.5. The largest absolute Gasteiger partial charge is 0.378 e. The first-order chi connectivity index (χ1) is 11.0. The maximum Gasteiger partial charge on any atom is 0.244 e. The molecule has 0 aliphatic heterocycles. The lowest BCUT2D eigenvalue weighted by Gasteiger charge is -2.40. The standard InChI is InChI=1S/C18H26N2O3/c1-20(2)17(22)15(12-14-8-5-4-6-9-14)19-16(21)13-18(23-3)10-7-11-18/h4-6,8-9,15H,7,10-13H2,1-3H3,(H,19,21)/t15-/m0/s1. The molecule has 0 saturated heterocycles. The minimum absolute atomic E-state index is 0.0951. The van der Waals surface area contributed by atoms with Crippen molar-refractivity contribution in [2.75, 3.05) is 21.2 Å². The highest BCUT2D eigenvalue weighted by atomic mass is 16.5. The van der Waals surface area contributed by atoms with E-state index in [1.54, 1.807) is 21.2 Å². The summed E-state index contributed by atoms with van der Waals surface area (Å²) >= 11 is 0. The zero-order valence-corrected chi connectivity index (χ0v) is 14.2. The van der Waals surface area contributed by atoms with E-state index < -0.39 is 6.04 Å². The Labute approximate surface area is 138 Å². The second kappa shape index (κ2) is 7.59. The van der Waals surface area contributed by atoms with Gasteiger partial charge in [0.2, 0.25) is 11.8 Å². The number of carbonyl (C=O) groups excluding carboxylic acids is 2. The van der Waals surface area contributed by atoms with E-state index in [-0.39, 0.29) is 17.4 Å². The maximum atomic E-state index is 12.4. The number of nitrogens with zero attached hydrogens (tertiary/aromatic N) is 1. The van der Waals surface area contributed by atoms with E-state index in [0.717, 1.165) is 24.8 Å². The molecule has 0 unspecified atom stereocenters. The summed E-state index contributed by atoms with van der Waals surface area (Å²) in [6.45, 7) is 0. The minimum atomic E-state index is -0.547. The van der Waals surface area contributed by atoms with Crippen molar-refractivity contribution in [3.8, 4) is 0 Å². The average molecular weight is 318 g/mol. The average Bonchev–Trinajstić information content (AvgIpc) is 2.50. The Morgan fingerprint density at radius 1 is 1.26 bits per heavy atom. The molecule has 0 heterocycles. The van der Waals surface area contributed by atoms with E-state index >= 15 is 0 Å². The predicted molar refractivity (Wildman–Crippen MR) is 89.0 cm³/mol. The summed E-state index contributed by atoms with van der Waals surface area (Å²) in [5.41, 5.74) is 0.695. The SMILES string of the molecule is COC1(CC(=O)N[C@@H](Cc2ccccc2)C(=O)N(C)C)CCC1. The normalized spacial score (nSPS) is 17.0. The molecule has 1 N–H and O–H groups in total. The molecule has 1 saturated carbocycles. The van der Waals surface area contributed by atoms with Gasteiger partial charge < -0.3 is 15.0 Å². The fourth-order valence-corrected chi connectivity index (χ4v) is 2.92. The predicted octanol–water partition coefficient (Wildman–Crippen LogP) is 1.76. The molecule has 0 bridgehead atoms. The molecule has 23 heavy (non-hydrogen) atoms. The molecular formula is C18H26N2O3. The lowest BCUT2D eigenvalue weighted by atomic mass is 9.77. The second-order valence-electron chi connectivity index (χ2n) is 6.46. The first-order valence-electron chi connectivity index (χ1n) is 8.05. The van der Waals surface area contributed by atoms with Crippen LogP contribution < -0.4 is 5.32 Å². The van der Waals surface area contributed by atoms with E-state index in [9.17, 15) is 9.59 Å². The summed E-state index contributed by atoms with van der Waals surface area (Å²) in [6.07, 6.45) is 3.70. The molecule has 1 aromatic rings. The number of carbonyl (C=O) groups is 2. The van der Waals surface area contributed by atoms with E-state index in [1.165, 1.54) is 4.90 Å². The van der Waals surface area contributed by atoms with Crippen LogP contribution in [0.1, 0.15) is 31.2 Å². The Morgan fingerprint density at radius 3 is 2.39 bits per heavy atom. The summed E-state index contributed by atoms with van der Waals surface area (Å²) in [5.74, 6) is -0.218. The molecule has 2 rings (SSSR count). The molecule has 1 aromatic carbocycles. The molecule has 0 radical (unpaired) electrons. The molecule has 5 heteroatoms. The number of benzene rings is 1. The number of methoxy groups -OCH3 is 1. The Bertz CT molecular complexity index is 533. The molecule has 5 nitrogen and oxygen atoms in total. The van der Waals surface area contributed by atoms with Gasteiger partial charge in [-0.2, -0.15) is 0 Å². The number of amides is 2. The van der Waals surface area contributed by atoms with E-state index in [0.29, 0.717) is 12.8 Å². The van der Waals surface area contributed by atoms with E-state index in [2.05, 4.69) is 5.32 Å². The van der Waals surface area contributed by atoms with Gasteiger partial charge in [-0.1, -0.05) is 30.3 Å². The Kier molecular flexibility index (Phi) is 5.77. The fourth-order valence-electron chi connectivity index (χ4n) is 2.92. The summed E-state index contributed by atoms with van der Waals surface area (Å²) < 4.78 is 5.50. The highest BCUT2D eigenvalue weighted by Crippen LogP contribution is 2.37. The quantitative estimate of drug-likeness (QED) is 0.833. The number of hydrogen-bond donors (Lipinski definition) is 1. The van der Waals surface area contributed by atoms with Crippen LogP contribution in [-0.2, 0) is 20.7 Å². The van der Waals surface area contributed by atoms with Crippen LogP contribution in [0, 0.1) is 0 Å². The fraction of sp³-hybridized carbons (Fsp3) is 0.556. The topological polar surface area (TPSA) is 58.6 Å². The van der Waals surface area contributed by atoms with Gasteiger partial charge in [0.25, 0.3) is 0 Å². The first-order valence-corrected chi connectivity index (χ1v) is 8.05. The van der Waals surface area contributed by atoms with Crippen molar-refractivity contribution in [1.29, 1.82) is 0 Å². The molecule has 1 aliphatic rings. The van der Waals surface area contributed by atoms with Crippen molar-refractivity contribution in [1.82, 2.24) is 10.2 Å². The molecule has 1 atom stereocenters. The highest BCUT2D eigenvalue weighted by molar-refractivity contribution is 5.88. The summed E-state index contributed by atoms with van der Waals surface area (Å²) in [4.78, 5) is 26.3. The van der Waals surface area contributed by atoms with E-state index in [4.69, 9.17) is 4.74 Å². The summed E-state index contributed by atoms with van der Waals surface area (Å²) in [7, 11) is 5.06. The van der Waals surface area contributed by atoms with Crippen LogP contribution in [0.2, 0.25) is 0 Å². The molecule has 2 amide bonds. The van der Waals surface area contributed by atoms with Crippen LogP contribution in [0.3, 0.4) is 0 Å². The third kappa shape index (κ3) is 4.55. The number of hydrogen-bond acceptors (Lipinski definition) is 3. The van der Waals surface area contributed by atoms with Gasteiger partial charge in [0.05, 0.1) is 12.0 Å². The van der Waals surface area contributed by atoms with Crippen LogP contribution in [-0.4, -0.2) is 49.6 Å². The van der Waals surface area contributed by atoms with Gasteiger partial charge in [-0.25, -0.2) is 0 Å². The van der Waals surface area contributed by atoms with Crippen LogP contribution in [0.5, 0.6) is 0 Å². The van der Waals surface area contributed by atoms with E-state index in [1.807, 2.05) is 30.3 Å². The number of nitrogens with one attached hydrogen (secondary N) is 1. The monoisotopic (exact) mass is 318 g/mol. The van der Waals surface area contributed by atoms with Crippen molar-refractivity contribution in [3.63, 3.8) is 0 Å². The van der Waals surface area contributed by atoms with Crippen LogP contribution in [0.4, 0.5) is 0 Å². The smallest absolute Gasteiger partial charge is 0.244 e. The van der Waals surface area contributed by atoms with Crippen molar-refractivity contribution in [2.45, 2.75) is 43.7 Å². The van der Waals surface area contributed by atoms with Gasteiger partial charge in [-0.05, 0) is 24.8 Å². The van der Waals surface area contributed by atoms with Gasteiger partial charge in [0, 0.05) is 27.6 Å². The molecule has 126 valence electrons. The third-order valence-corrected chi connectivity index (χ3v) is 4.54. The van der Waals surface area contributed by atoms with Crippen LogP contribution in [0.15, 0.2) is 30.3 Å². The van der Waals surface area contributed by atoms with Crippen molar-refractivity contribution < 1.29 is 14.3 Å². The van der Waals surface area contributed by atoms with Gasteiger partial charge in [-0.15, -0.1) is 0 Å². The molecule has 1 aliphatic carbocycles. The van der Waals surface area contributed by atoms with Gasteiger partial charge >= 0.3 is 0 Å². The van der Waals surface area contributed by atoms with Crippen LogP contribution >= 0.6 is 0 Å². The van der Waals surface area contributed by atoms with Gasteiger partial charge in [-0.3, -0.25) is 9.59 Å². The number of ether oxygens (including phenoxy) is 1. The maximum absolute atomic E-state index is 12.4. The Balaban J connectivity index is 2.02. The van der Waals surface area contributed by atoms with Crippen molar-refractivity contribution >= 4 is 11.8 Å². The second-order valence-corrected chi connectivity index (χ2v) is 6.46. The molecular weight excluding hydrogens is 292 g/mol. The Morgan fingerprint density at radius 2 is 1.91 bits per heavy atom. The third-order valence-electron chi connectivity index (χ3n) is 4.54. The van der Waals surface area contributed by atoms with Gasteiger partial charge in [0.15, 0.2) is 0 Å². The zero-order valence-electron chi connectivity index (χ0n) is 14.2.